The molecule has 4 aromatic rings. The van der Waals surface area contributed by atoms with Gasteiger partial charge in [0.15, 0.2) is 5.82 Å². The predicted octanol–water partition coefficient (Wildman–Crippen LogP) is 4.01. The van der Waals surface area contributed by atoms with Crippen LogP contribution in [0.2, 0.25) is 0 Å². The number of hydrogen-bond donors (Lipinski definition) is 2. The minimum atomic E-state index is -0.317. The van der Waals surface area contributed by atoms with Gasteiger partial charge in [-0.1, -0.05) is 6.58 Å². The number of carbonyl (C=O) groups is 1. The number of hydrogen-bond acceptors (Lipinski definition) is 9. The molecule has 11 heteroatoms. The van der Waals surface area contributed by atoms with Crippen LogP contribution < -0.4 is 25.0 Å². The zero-order valence-corrected chi connectivity index (χ0v) is 23.1. The molecular formula is C28H34N8O3. The number of fused-ring (bicyclic) bond motifs is 1. The molecule has 0 bridgehead atoms. The Kier molecular flexibility index (Phi) is 8.30. The van der Waals surface area contributed by atoms with E-state index in [-0.39, 0.29) is 5.91 Å². The van der Waals surface area contributed by atoms with Crippen molar-refractivity contribution in [2.24, 2.45) is 0 Å². The third kappa shape index (κ3) is 6.10. The summed E-state index contributed by atoms with van der Waals surface area (Å²) in [5, 5.41) is 11.8. The largest absolute Gasteiger partial charge is 0.497 e. The number of nitrogens with zero attached hydrogens (tertiary/aromatic N) is 6. The van der Waals surface area contributed by atoms with Gasteiger partial charge in [0, 0.05) is 49.9 Å². The number of aromatic nitrogens is 4. The van der Waals surface area contributed by atoms with E-state index in [1.807, 2.05) is 52.3 Å². The first-order chi connectivity index (χ1) is 18.7. The van der Waals surface area contributed by atoms with Crippen LogP contribution in [0.15, 0.2) is 55.3 Å². The molecule has 0 radical (unpaired) electrons. The second kappa shape index (κ2) is 11.8. The maximum atomic E-state index is 12.3. The Balaban J connectivity index is 1.72. The fourth-order valence-corrected chi connectivity index (χ4v) is 4.11. The normalized spacial score (nSPS) is 10.9. The zero-order valence-electron chi connectivity index (χ0n) is 23.1. The van der Waals surface area contributed by atoms with Gasteiger partial charge in [0.1, 0.15) is 11.5 Å². The van der Waals surface area contributed by atoms with E-state index in [1.165, 1.54) is 6.08 Å². The summed E-state index contributed by atoms with van der Waals surface area (Å²) >= 11 is 0. The summed E-state index contributed by atoms with van der Waals surface area (Å²) in [6.45, 7) is 7.11. The van der Waals surface area contributed by atoms with Crippen molar-refractivity contribution in [2.75, 3.05) is 64.0 Å². The van der Waals surface area contributed by atoms with Crippen molar-refractivity contribution in [1.29, 1.82) is 0 Å². The van der Waals surface area contributed by atoms with E-state index in [0.717, 1.165) is 41.1 Å². The average Bonchev–Trinajstić information content (AvgIpc) is 3.27. The Morgan fingerprint density at radius 2 is 1.87 bits per heavy atom. The molecule has 0 fully saturated rings. The van der Waals surface area contributed by atoms with Gasteiger partial charge in [-0.2, -0.15) is 10.1 Å². The minimum Gasteiger partial charge on any atom is -0.497 e. The molecule has 0 saturated carbocycles. The number of nitrogens with one attached hydrogen (secondary N) is 2. The summed E-state index contributed by atoms with van der Waals surface area (Å²) in [6.07, 6.45) is 2.89. The van der Waals surface area contributed by atoms with Crippen molar-refractivity contribution in [2.45, 2.75) is 6.92 Å². The molecule has 2 aromatic carbocycles. The summed E-state index contributed by atoms with van der Waals surface area (Å²) in [4.78, 5) is 25.5. The molecule has 2 aromatic heterocycles. The fraction of sp³-hybridized carbons (Fsp3) is 0.286. The Labute approximate surface area is 228 Å². The molecule has 0 unspecified atom stereocenters. The third-order valence-electron chi connectivity index (χ3n) is 6.23. The molecule has 0 atom stereocenters. The Morgan fingerprint density at radius 1 is 1.08 bits per heavy atom. The first kappa shape index (κ1) is 27.4. The third-order valence-corrected chi connectivity index (χ3v) is 6.23. The number of carbonyl (C=O) groups excluding carboxylic acids is 1. The number of rotatable bonds is 11. The molecule has 2 heterocycles. The van der Waals surface area contributed by atoms with Crippen LogP contribution in [-0.2, 0) is 4.79 Å². The molecule has 4 rings (SSSR count). The first-order valence-electron chi connectivity index (χ1n) is 12.4. The topological polar surface area (TPSA) is 110 Å². The van der Waals surface area contributed by atoms with Gasteiger partial charge in [0.25, 0.3) is 0 Å². The van der Waals surface area contributed by atoms with Gasteiger partial charge in [-0.05, 0) is 45.3 Å². The number of anilines is 4. The summed E-state index contributed by atoms with van der Waals surface area (Å²) in [5.74, 6) is 1.90. The average molecular weight is 531 g/mol. The van der Waals surface area contributed by atoms with E-state index in [4.69, 9.17) is 14.5 Å². The lowest BCUT2D eigenvalue weighted by Crippen LogP contribution is -2.29. The van der Waals surface area contributed by atoms with Crippen LogP contribution in [0.5, 0.6) is 11.5 Å². The second-order valence-electron chi connectivity index (χ2n) is 9.23. The highest BCUT2D eigenvalue weighted by Gasteiger charge is 2.17. The van der Waals surface area contributed by atoms with Gasteiger partial charge in [-0.25, -0.2) is 9.67 Å². The van der Waals surface area contributed by atoms with Gasteiger partial charge in [-0.15, -0.1) is 0 Å². The summed E-state index contributed by atoms with van der Waals surface area (Å²) in [7, 11) is 9.22. The predicted molar refractivity (Wildman–Crippen MR) is 155 cm³/mol. The van der Waals surface area contributed by atoms with Crippen molar-refractivity contribution in [1.82, 2.24) is 24.6 Å². The van der Waals surface area contributed by atoms with Gasteiger partial charge in [-0.3, -0.25) is 4.79 Å². The Bertz CT molecular complexity index is 1500. The van der Waals surface area contributed by atoms with E-state index in [1.54, 1.807) is 37.2 Å². The summed E-state index contributed by atoms with van der Waals surface area (Å²) in [5.41, 5.74) is 3.73. The molecule has 39 heavy (non-hydrogen) atoms. The monoisotopic (exact) mass is 530 g/mol. The summed E-state index contributed by atoms with van der Waals surface area (Å²) in [6, 6.07) is 11.3. The number of aryl methyl sites for hydroxylation is 1. The first-order valence-corrected chi connectivity index (χ1v) is 12.4. The molecular weight excluding hydrogens is 496 g/mol. The summed E-state index contributed by atoms with van der Waals surface area (Å²) < 4.78 is 12.9. The second-order valence-corrected chi connectivity index (χ2v) is 9.23. The molecule has 11 nitrogen and oxygen atoms in total. The molecule has 0 aliphatic carbocycles. The SMILES string of the molecule is C=CC(=O)Nc1cc(Nc2nccc(-n3nc(C)c4ccc(OC)cc43)n2)c(OC)cc1N(C)CCN(C)C. The zero-order chi connectivity index (χ0) is 28.1. The van der Waals surface area contributed by atoms with E-state index >= 15 is 0 Å². The van der Waals surface area contributed by atoms with Gasteiger partial charge in [0.05, 0.1) is 42.5 Å². The lowest BCUT2D eigenvalue weighted by Gasteiger charge is -2.26. The van der Waals surface area contributed by atoms with Crippen LogP contribution in [-0.4, -0.2) is 79.0 Å². The number of ether oxygens (including phenoxy) is 2. The quantitative estimate of drug-likeness (QED) is 0.278. The van der Waals surface area contributed by atoms with Crippen LogP contribution in [0.25, 0.3) is 16.7 Å². The van der Waals surface area contributed by atoms with Gasteiger partial charge < -0.3 is 29.9 Å². The molecule has 204 valence electrons. The maximum absolute atomic E-state index is 12.3. The lowest BCUT2D eigenvalue weighted by molar-refractivity contribution is -0.111. The highest BCUT2D eigenvalue weighted by molar-refractivity contribution is 6.02. The van der Waals surface area contributed by atoms with Crippen LogP contribution >= 0.6 is 0 Å². The number of methoxy groups -OCH3 is 2. The minimum absolute atomic E-state index is 0.317. The highest BCUT2D eigenvalue weighted by Crippen LogP contribution is 2.38. The van der Waals surface area contributed by atoms with E-state index < -0.39 is 0 Å². The van der Waals surface area contributed by atoms with E-state index in [2.05, 4.69) is 37.1 Å². The van der Waals surface area contributed by atoms with Gasteiger partial charge in [0.2, 0.25) is 11.9 Å². The standard InChI is InChI=1S/C28H34N8O3/c1-8-27(37)30-21-16-22(25(39-7)17-24(21)35(5)14-13-34(3)4)31-28-29-12-11-26(32-28)36-23-15-19(38-6)9-10-20(23)18(2)33-36/h8-12,15-17H,1,13-14H2,2-7H3,(H,30,37)(H,29,31,32). The van der Waals surface area contributed by atoms with Crippen molar-refractivity contribution in [3.8, 4) is 17.3 Å². The molecule has 0 saturated heterocycles. The van der Waals surface area contributed by atoms with E-state index in [9.17, 15) is 4.79 Å². The highest BCUT2D eigenvalue weighted by atomic mass is 16.5. The lowest BCUT2D eigenvalue weighted by atomic mass is 10.2. The Morgan fingerprint density at radius 3 is 2.56 bits per heavy atom. The van der Waals surface area contributed by atoms with E-state index in [0.29, 0.717) is 28.9 Å². The number of benzene rings is 2. The van der Waals surface area contributed by atoms with Crippen LogP contribution in [0.3, 0.4) is 0 Å². The molecule has 0 aliphatic rings. The number of likely N-dealkylation sites (N-methyl/N-ethyl adjacent to an activating group) is 2. The van der Waals surface area contributed by atoms with Crippen LogP contribution in [0.4, 0.5) is 23.0 Å². The molecule has 2 N–H and O–H groups in total. The molecule has 0 spiro atoms. The Hall–Kier alpha value is -4.64. The number of amides is 1. The smallest absolute Gasteiger partial charge is 0.247 e. The van der Waals surface area contributed by atoms with Gasteiger partial charge >= 0.3 is 0 Å². The molecule has 1 amide bonds. The molecule has 0 aliphatic heterocycles. The van der Waals surface area contributed by atoms with Crippen molar-refractivity contribution < 1.29 is 14.3 Å². The van der Waals surface area contributed by atoms with Crippen LogP contribution in [0.1, 0.15) is 5.69 Å². The van der Waals surface area contributed by atoms with Crippen molar-refractivity contribution in [3.05, 3.63) is 60.9 Å². The van der Waals surface area contributed by atoms with Crippen molar-refractivity contribution >= 4 is 39.8 Å². The fourth-order valence-electron chi connectivity index (χ4n) is 4.11. The maximum Gasteiger partial charge on any atom is 0.247 e. The van der Waals surface area contributed by atoms with Crippen molar-refractivity contribution in [3.63, 3.8) is 0 Å². The van der Waals surface area contributed by atoms with Crippen LogP contribution in [0, 0.1) is 6.92 Å².